The summed E-state index contributed by atoms with van der Waals surface area (Å²) < 4.78 is 10.4. The van der Waals surface area contributed by atoms with Crippen LogP contribution in [0.25, 0.3) is 0 Å². The number of ether oxygens (including phenoxy) is 2. The predicted molar refractivity (Wildman–Crippen MR) is 73.8 cm³/mol. The van der Waals surface area contributed by atoms with Gasteiger partial charge in [-0.1, -0.05) is 11.6 Å². The fourth-order valence-corrected chi connectivity index (χ4v) is 2.34. The van der Waals surface area contributed by atoms with Crippen LogP contribution in [0, 0.1) is 18.3 Å². The molecule has 0 radical (unpaired) electrons. The van der Waals surface area contributed by atoms with Crippen molar-refractivity contribution < 1.29 is 14.3 Å². The number of benzene rings is 1. The molecule has 0 bridgehead atoms. The van der Waals surface area contributed by atoms with E-state index in [0.717, 1.165) is 0 Å². The molecule has 1 aromatic carbocycles. The molecule has 1 aliphatic rings. The van der Waals surface area contributed by atoms with Gasteiger partial charge in [0.2, 0.25) is 5.91 Å². The molecular weight excluding hydrogens is 266 g/mol. The van der Waals surface area contributed by atoms with E-state index in [1.807, 2.05) is 0 Å². The topological polar surface area (TPSA) is 38.8 Å². The van der Waals surface area contributed by atoms with Crippen LogP contribution in [0.3, 0.4) is 0 Å². The molecule has 1 saturated heterocycles. The Labute approximate surface area is 117 Å². The number of hydrogen-bond donors (Lipinski definition) is 0. The lowest BCUT2D eigenvalue weighted by Gasteiger charge is -2.20. The number of anilines is 1. The zero-order valence-electron chi connectivity index (χ0n) is 10.8. The maximum absolute atomic E-state index is 12.0. The van der Waals surface area contributed by atoms with Crippen LogP contribution < -0.4 is 14.4 Å². The summed E-state index contributed by atoms with van der Waals surface area (Å²) in [5.41, 5.74) is 0.621. The quantitative estimate of drug-likeness (QED) is 0.797. The highest BCUT2D eigenvalue weighted by molar-refractivity contribution is 6.32. The van der Waals surface area contributed by atoms with E-state index in [2.05, 4.69) is 5.92 Å². The van der Waals surface area contributed by atoms with E-state index in [-0.39, 0.29) is 11.8 Å². The van der Waals surface area contributed by atoms with E-state index >= 15 is 0 Å². The summed E-state index contributed by atoms with van der Waals surface area (Å²) in [6, 6.07) is 3.32. The number of methoxy groups -OCH3 is 2. The first kappa shape index (κ1) is 13.6. The van der Waals surface area contributed by atoms with E-state index in [1.165, 1.54) is 14.2 Å². The predicted octanol–water partition coefficient (Wildman–Crippen LogP) is 2.34. The number of terminal acetylenes is 1. The molecule has 1 amide bonds. The Morgan fingerprint density at radius 3 is 2.58 bits per heavy atom. The van der Waals surface area contributed by atoms with Crippen molar-refractivity contribution in [3.63, 3.8) is 0 Å². The van der Waals surface area contributed by atoms with E-state index < -0.39 is 0 Å². The molecule has 100 valence electrons. The molecule has 1 heterocycles. The second kappa shape index (κ2) is 5.41. The van der Waals surface area contributed by atoms with Gasteiger partial charge in [-0.25, -0.2) is 0 Å². The minimum absolute atomic E-state index is 0.0255. The second-order valence-corrected chi connectivity index (χ2v) is 4.64. The fourth-order valence-electron chi connectivity index (χ4n) is 2.11. The van der Waals surface area contributed by atoms with Gasteiger partial charge in [-0.05, 0) is 6.07 Å². The van der Waals surface area contributed by atoms with Gasteiger partial charge < -0.3 is 14.4 Å². The van der Waals surface area contributed by atoms with Crippen LogP contribution >= 0.6 is 11.6 Å². The monoisotopic (exact) mass is 279 g/mol. The van der Waals surface area contributed by atoms with E-state index in [0.29, 0.717) is 35.2 Å². The Bertz CT molecular complexity index is 550. The van der Waals surface area contributed by atoms with Gasteiger partial charge >= 0.3 is 0 Å². The van der Waals surface area contributed by atoms with Crippen LogP contribution in [-0.4, -0.2) is 26.7 Å². The van der Waals surface area contributed by atoms with Crippen LogP contribution in [0.1, 0.15) is 6.42 Å². The summed E-state index contributed by atoms with van der Waals surface area (Å²) in [5, 5.41) is 0.426. The Balaban J connectivity index is 2.42. The summed E-state index contributed by atoms with van der Waals surface area (Å²) in [7, 11) is 3.06. The third kappa shape index (κ3) is 2.47. The third-order valence-electron chi connectivity index (χ3n) is 3.10. The van der Waals surface area contributed by atoms with Crippen molar-refractivity contribution in [2.24, 2.45) is 5.92 Å². The molecule has 1 unspecified atom stereocenters. The third-order valence-corrected chi connectivity index (χ3v) is 3.40. The number of hydrogen-bond acceptors (Lipinski definition) is 3. The SMILES string of the molecule is C#CC1CC(=O)N(c2cc(Cl)c(OC)cc2OC)C1. The number of carbonyl (C=O) groups excluding carboxylic acids is 1. The average molecular weight is 280 g/mol. The Kier molecular flexibility index (Phi) is 3.87. The zero-order chi connectivity index (χ0) is 14.0. The van der Waals surface area contributed by atoms with Gasteiger partial charge in [0.05, 0.1) is 24.9 Å². The summed E-state index contributed by atoms with van der Waals surface area (Å²) in [4.78, 5) is 13.6. The van der Waals surface area contributed by atoms with Crippen molar-refractivity contribution >= 4 is 23.2 Å². The lowest BCUT2D eigenvalue weighted by molar-refractivity contribution is -0.117. The average Bonchev–Trinajstić information content (AvgIpc) is 2.79. The van der Waals surface area contributed by atoms with Crippen molar-refractivity contribution in [3.8, 4) is 23.8 Å². The molecule has 0 N–H and O–H groups in total. The van der Waals surface area contributed by atoms with Crippen LogP contribution in [0.2, 0.25) is 5.02 Å². The standard InChI is InChI=1S/C14H14ClNO3/c1-4-9-5-14(17)16(8-9)11-6-10(15)12(18-2)7-13(11)19-3/h1,6-7,9H,5,8H2,2-3H3. The summed E-state index contributed by atoms with van der Waals surface area (Å²) in [5.74, 6) is 3.55. The second-order valence-electron chi connectivity index (χ2n) is 4.23. The lowest BCUT2D eigenvalue weighted by Crippen LogP contribution is -2.25. The number of rotatable bonds is 3. The summed E-state index contributed by atoms with van der Waals surface area (Å²) >= 11 is 6.10. The van der Waals surface area contributed by atoms with Crippen LogP contribution in [-0.2, 0) is 4.79 Å². The molecule has 0 spiro atoms. The Morgan fingerprint density at radius 1 is 1.37 bits per heavy atom. The van der Waals surface area contributed by atoms with Gasteiger partial charge in [-0.15, -0.1) is 12.3 Å². The molecule has 0 aromatic heterocycles. The highest BCUT2D eigenvalue weighted by atomic mass is 35.5. The normalized spacial score (nSPS) is 18.3. The first-order chi connectivity index (χ1) is 9.10. The number of carbonyl (C=O) groups is 1. The van der Waals surface area contributed by atoms with Crippen molar-refractivity contribution in [1.82, 2.24) is 0 Å². The number of amides is 1. The fraction of sp³-hybridized carbons (Fsp3) is 0.357. The van der Waals surface area contributed by atoms with Gasteiger partial charge in [0.15, 0.2) is 0 Å². The maximum atomic E-state index is 12.0. The van der Waals surface area contributed by atoms with Gasteiger partial charge in [0.1, 0.15) is 11.5 Å². The van der Waals surface area contributed by atoms with E-state index in [4.69, 9.17) is 27.5 Å². The minimum Gasteiger partial charge on any atom is -0.495 e. The molecule has 4 nitrogen and oxygen atoms in total. The first-order valence-electron chi connectivity index (χ1n) is 5.78. The summed E-state index contributed by atoms with van der Waals surface area (Å²) in [6.45, 7) is 0.481. The van der Waals surface area contributed by atoms with Crippen molar-refractivity contribution in [3.05, 3.63) is 17.2 Å². The molecule has 0 aliphatic carbocycles. The Morgan fingerprint density at radius 2 is 2.05 bits per heavy atom. The molecule has 1 aliphatic heterocycles. The minimum atomic E-state index is -0.0712. The molecule has 1 aromatic rings. The molecule has 1 fully saturated rings. The smallest absolute Gasteiger partial charge is 0.228 e. The molecular formula is C14H14ClNO3. The van der Waals surface area contributed by atoms with Crippen molar-refractivity contribution in [2.45, 2.75) is 6.42 Å². The number of halogens is 1. The number of nitrogens with zero attached hydrogens (tertiary/aromatic N) is 1. The van der Waals surface area contributed by atoms with Gasteiger partial charge in [-0.3, -0.25) is 4.79 Å². The van der Waals surface area contributed by atoms with Gasteiger partial charge in [-0.2, -0.15) is 0 Å². The van der Waals surface area contributed by atoms with Gasteiger partial charge in [0, 0.05) is 24.9 Å². The van der Waals surface area contributed by atoms with E-state index in [9.17, 15) is 4.79 Å². The van der Waals surface area contributed by atoms with Gasteiger partial charge in [0.25, 0.3) is 0 Å². The van der Waals surface area contributed by atoms with Crippen LogP contribution in [0.4, 0.5) is 5.69 Å². The zero-order valence-corrected chi connectivity index (χ0v) is 11.5. The van der Waals surface area contributed by atoms with Crippen molar-refractivity contribution in [1.29, 1.82) is 0 Å². The highest BCUT2D eigenvalue weighted by Gasteiger charge is 2.31. The lowest BCUT2D eigenvalue weighted by atomic mass is 10.1. The summed E-state index contributed by atoms with van der Waals surface area (Å²) in [6.07, 6.45) is 5.73. The Hall–Kier alpha value is -1.86. The largest absolute Gasteiger partial charge is 0.495 e. The highest BCUT2D eigenvalue weighted by Crippen LogP contribution is 2.40. The molecule has 2 rings (SSSR count). The van der Waals surface area contributed by atoms with Crippen LogP contribution in [0.15, 0.2) is 12.1 Å². The van der Waals surface area contributed by atoms with Crippen molar-refractivity contribution in [2.75, 3.05) is 25.7 Å². The van der Waals surface area contributed by atoms with Crippen LogP contribution in [0.5, 0.6) is 11.5 Å². The van der Waals surface area contributed by atoms with E-state index in [1.54, 1.807) is 17.0 Å². The molecule has 19 heavy (non-hydrogen) atoms. The maximum Gasteiger partial charge on any atom is 0.228 e. The molecule has 1 atom stereocenters. The first-order valence-corrected chi connectivity index (χ1v) is 6.16. The molecule has 5 heteroatoms. The molecule has 0 saturated carbocycles.